The molecule has 0 aliphatic heterocycles. The van der Waals surface area contributed by atoms with Gasteiger partial charge in [0.2, 0.25) is 0 Å². The van der Waals surface area contributed by atoms with Gasteiger partial charge in [-0.3, -0.25) is 0 Å². The standard InChI is InChI=1S/3C4H6O2.C3H7NO2/c3*1-3(2)4(5)6;1-2-6-3(4)5/h3*1H2,2H3,(H,5,6);2H2,1H3,(H2,4,5). The summed E-state index contributed by atoms with van der Waals surface area (Å²) in [6, 6.07) is 0. The van der Waals surface area contributed by atoms with E-state index >= 15 is 0 Å². The lowest BCUT2D eigenvalue weighted by atomic mass is 10.4. The highest BCUT2D eigenvalue weighted by atomic mass is 16.5. The van der Waals surface area contributed by atoms with Gasteiger partial charge in [0.05, 0.1) is 6.61 Å². The van der Waals surface area contributed by atoms with Gasteiger partial charge in [0, 0.05) is 16.7 Å². The molecule has 138 valence electrons. The average Bonchev–Trinajstić information content (AvgIpc) is 2.40. The summed E-state index contributed by atoms with van der Waals surface area (Å²) < 4.78 is 4.18. The van der Waals surface area contributed by atoms with Crippen LogP contribution < -0.4 is 5.73 Å². The zero-order valence-electron chi connectivity index (χ0n) is 14.3. The number of hydrogen-bond donors (Lipinski definition) is 4. The van der Waals surface area contributed by atoms with Crippen LogP contribution in [0.15, 0.2) is 36.5 Å². The SMILES string of the molecule is C=C(C)C(=O)O.C=C(C)C(=O)O.C=C(C)C(=O)O.CCOC(N)=O. The van der Waals surface area contributed by atoms with E-state index in [0.717, 1.165) is 0 Å². The summed E-state index contributed by atoms with van der Waals surface area (Å²) >= 11 is 0. The van der Waals surface area contributed by atoms with Crippen molar-refractivity contribution >= 4 is 24.0 Å². The predicted molar refractivity (Wildman–Crippen MR) is 88.6 cm³/mol. The van der Waals surface area contributed by atoms with E-state index in [1.807, 2.05) is 0 Å². The molecule has 0 spiro atoms. The number of amides is 1. The van der Waals surface area contributed by atoms with Gasteiger partial charge in [-0.2, -0.15) is 0 Å². The fourth-order valence-electron chi connectivity index (χ4n) is 0.142. The molecule has 0 fully saturated rings. The van der Waals surface area contributed by atoms with Gasteiger partial charge >= 0.3 is 24.0 Å². The number of ether oxygens (including phenoxy) is 1. The summed E-state index contributed by atoms with van der Waals surface area (Å²) in [6.45, 7) is 15.9. The average molecular weight is 347 g/mol. The van der Waals surface area contributed by atoms with Crippen LogP contribution in [0.1, 0.15) is 27.7 Å². The fraction of sp³-hybridized carbons (Fsp3) is 0.333. The number of carbonyl (C=O) groups excluding carboxylic acids is 1. The van der Waals surface area contributed by atoms with Gasteiger partial charge in [0.25, 0.3) is 0 Å². The Balaban J connectivity index is -0.000000111. The Morgan fingerprint density at radius 3 is 0.958 bits per heavy atom. The van der Waals surface area contributed by atoms with Crippen LogP contribution in [0.25, 0.3) is 0 Å². The zero-order chi connectivity index (χ0) is 20.5. The van der Waals surface area contributed by atoms with Crippen LogP contribution in [0.4, 0.5) is 4.79 Å². The first-order valence-electron chi connectivity index (χ1n) is 6.29. The van der Waals surface area contributed by atoms with Gasteiger partial charge in [-0.1, -0.05) is 19.7 Å². The molecule has 0 aromatic rings. The Kier molecular flexibility index (Phi) is 21.7. The summed E-state index contributed by atoms with van der Waals surface area (Å²) in [4.78, 5) is 38.4. The Labute approximate surface area is 140 Å². The molecule has 1 amide bonds. The first kappa shape index (κ1) is 29.0. The van der Waals surface area contributed by atoms with Crippen molar-refractivity contribution in [2.75, 3.05) is 6.61 Å². The molecule has 0 aromatic heterocycles. The summed E-state index contributed by atoms with van der Waals surface area (Å²) in [6.07, 6.45) is -0.711. The van der Waals surface area contributed by atoms with E-state index < -0.39 is 24.0 Å². The summed E-state index contributed by atoms with van der Waals surface area (Å²) in [7, 11) is 0. The van der Waals surface area contributed by atoms with Gasteiger partial charge in [0.15, 0.2) is 0 Å². The highest BCUT2D eigenvalue weighted by Crippen LogP contribution is 1.82. The molecule has 0 saturated carbocycles. The lowest BCUT2D eigenvalue weighted by Gasteiger charge is -1.89. The monoisotopic (exact) mass is 347 g/mol. The molecular formula is C15H25NO8. The van der Waals surface area contributed by atoms with Gasteiger partial charge in [0.1, 0.15) is 0 Å². The Morgan fingerprint density at radius 2 is 0.958 bits per heavy atom. The largest absolute Gasteiger partial charge is 0.478 e. The highest BCUT2D eigenvalue weighted by Gasteiger charge is 1.91. The zero-order valence-corrected chi connectivity index (χ0v) is 14.3. The predicted octanol–water partition coefficient (Wildman–Crippen LogP) is 2.04. The number of aliphatic carboxylic acids is 3. The maximum atomic E-state index is 9.60. The van der Waals surface area contributed by atoms with Crippen molar-refractivity contribution in [3.63, 3.8) is 0 Å². The van der Waals surface area contributed by atoms with E-state index in [2.05, 4.69) is 30.2 Å². The van der Waals surface area contributed by atoms with Crippen molar-refractivity contribution in [1.82, 2.24) is 0 Å². The first-order valence-corrected chi connectivity index (χ1v) is 6.29. The maximum absolute atomic E-state index is 9.60. The van der Waals surface area contributed by atoms with Crippen molar-refractivity contribution in [2.45, 2.75) is 27.7 Å². The third-order valence-electron chi connectivity index (χ3n) is 1.38. The van der Waals surface area contributed by atoms with Crippen LogP contribution in [0.2, 0.25) is 0 Å². The van der Waals surface area contributed by atoms with E-state index in [0.29, 0.717) is 6.61 Å². The van der Waals surface area contributed by atoms with E-state index in [4.69, 9.17) is 15.3 Å². The minimum absolute atomic E-state index is 0.176. The Bertz CT molecular complexity index is 387. The molecule has 24 heavy (non-hydrogen) atoms. The Morgan fingerprint density at radius 1 is 0.792 bits per heavy atom. The van der Waals surface area contributed by atoms with Crippen LogP contribution in [0, 0.1) is 0 Å². The topological polar surface area (TPSA) is 164 Å². The third kappa shape index (κ3) is 42.8. The van der Waals surface area contributed by atoms with Crippen molar-refractivity contribution < 1.29 is 39.2 Å². The highest BCUT2D eigenvalue weighted by molar-refractivity contribution is 5.85. The number of carbonyl (C=O) groups is 4. The molecule has 0 aliphatic rings. The van der Waals surface area contributed by atoms with Gasteiger partial charge < -0.3 is 25.8 Å². The molecule has 0 unspecified atom stereocenters. The maximum Gasteiger partial charge on any atom is 0.404 e. The molecule has 0 atom stereocenters. The molecule has 9 nitrogen and oxygen atoms in total. The molecule has 0 rings (SSSR count). The number of carboxylic acids is 3. The van der Waals surface area contributed by atoms with Crippen molar-refractivity contribution in [1.29, 1.82) is 0 Å². The second-order valence-electron chi connectivity index (χ2n) is 4.01. The number of nitrogens with two attached hydrogens (primary N) is 1. The Hall–Kier alpha value is -3.10. The van der Waals surface area contributed by atoms with E-state index in [9.17, 15) is 19.2 Å². The smallest absolute Gasteiger partial charge is 0.404 e. The number of rotatable bonds is 4. The van der Waals surface area contributed by atoms with Crippen molar-refractivity contribution in [3.8, 4) is 0 Å². The number of hydrogen-bond acceptors (Lipinski definition) is 5. The lowest BCUT2D eigenvalue weighted by Crippen LogP contribution is -2.11. The fourth-order valence-corrected chi connectivity index (χ4v) is 0.142. The van der Waals surface area contributed by atoms with Crippen LogP contribution in [0.5, 0.6) is 0 Å². The molecular weight excluding hydrogens is 322 g/mol. The minimum atomic E-state index is -0.935. The minimum Gasteiger partial charge on any atom is -0.478 e. The molecule has 0 aromatic carbocycles. The summed E-state index contributed by atoms with van der Waals surface area (Å²) in [5.74, 6) is -2.81. The first-order chi connectivity index (χ1) is 10.7. The lowest BCUT2D eigenvalue weighted by molar-refractivity contribution is -0.133. The summed E-state index contributed by atoms with van der Waals surface area (Å²) in [5, 5.41) is 23.7. The van der Waals surface area contributed by atoms with Crippen LogP contribution in [-0.4, -0.2) is 45.9 Å². The molecule has 0 aliphatic carbocycles. The van der Waals surface area contributed by atoms with Crippen LogP contribution >= 0.6 is 0 Å². The van der Waals surface area contributed by atoms with Crippen molar-refractivity contribution in [2.24, 2.45) is 5.73 Å². The molecule has 9 heteroatoms. The molecule has 0 radical (unpaired) electrons. The summed E-state index contributed by atoms with van der Waals surface area (Å²) in [5.41, 5.74) is 5.07. The second-order valence-corrected chi connectivity index (χ2v) is 4.01. The normalized spacial score (nSPS) is 7.50. The van der Waals surface area contributed by atoms with Gasteiger partial charge in [-0.05, 0) is 27.7 Å². The van der Waals surface area contributed by atoms with E-state index in [-0.39, 0.29) is 16.7 Å². The van der Waals surface area contributed by atoms with Crippen LogP contribution in [0.3, 0.4) is 0 Å². The molecule has 5 N–H and O–H groups in total. The van der Waals surface area contributed by atoms with Crippen molar-refractivity contribution in [3.05, 3.63) is 36.5 Å². The third-order valence-corrected chi connectivity index (χ3v) is 1.38. The van der Waals surface area contributed by atoms with E-state index in [1.165, 1.54) is 20.8 Å². The van der Waals surface area contributed by atoms with Gasteiger partial charge in [-0.25, -0.2) is 19.2 Å². The van der Waals surface area contributed by atoms with Crippen LogP contribution in [-0.2, 0) is 19.1 Å². The molecule has 0 heterocycles. The molecule has 0 bridgehead atoms. The number of carboxylic acid groups (broad SMARTS) is 3. The van der Waals surface area contributed by atoms with Gasteiger partial charge in [-0.15, -0.1) is 0 Å². The van der Waals surface area contributed by atoms with E-state index in [1.54, 1.807) is 6.92 Å². The second kappa shape index (κ2) is 18.0. The molecule has 0 saturated heterocycles. The number of primary amides is 1. The quantitative estimate of drug-likeness (QED) is 0.561.